The normalized spacial score (nSPS) is 11.6. The van der Waals surface area contributed by atoms with Crippen LogP contribution in [0.5, 0.6) is 0 Å². The smallest absolute Gasteiger partial charge is 0.330 e. The van der Waals surface area contributed by atoms with Gasteiger partial charge in [0.05, 0.1) is 6.61 Å². The van der Waals surface area contributed by atoms with Gasteiger partial charge in [0.15, 0.2) is 0 Å². The second-order valence-electron chi connectivity index (χ2n) is 17.1. The zero-order chi connectivity index (χ0) is 42.3. The molecule has 0 fully saturated rings. The highest BCUT2D eigenvalue weighted by atomic mass is 16.5. The van der Waals surface area contributed by atoms with E-state index in [0.29, 0.717) is 26.0 Å². The Morgan fingerprint density at radius 1 is 0.552 bits per heavy atom. The van der Waals surface area contributed by atoms with Crippen molar-refractivity contribution in [3.63, 3.8) is 0 Å². The van der Waals surface area contributed by atoms with Gasteiger partial charge in [-0.05, 0) is 83.8 Å². The van der Waals surface area contributed by atoms with Crippen molar-refractivity contribution in [2.45, 2.75) is 245 Å². The first-order valence-electron chi connectivity index (χ1n) is 24.7. The van der Waals surface area contributed by atoms with Crippen LogP contribution in [0.3, 0.4) is 0 Å². The molecule has 0 saturated heterocycles. The zero-order valence-corrected chi connectivity index (χ0v) is 38.4. The van der Waals surface area contributed by atoms with E-state index in [9.17, 15) is 19.2 Å². The largest absolute Gasteiger partial charge is 0.466 e. The average molecular weight is 818 g/mol. The molecule has 0 aliphatic carbocycles. The van der Waals surface area contributed by atoms with Gasteiger partial charge in [-0.1, -0.05) is 156 Å². The standard InChI is InChI=1S/C49H91N3O6/c1-5-8-11-14-19-26-34-45(35-27-20-15-12-9-6-2)58-48(55)37-29-22-18-24-31-40-51(41-33-42-52-43-38-46(53)50(4)49(52)56)39-30-23-17-21-28-36-47(54)57-44-32-25-16-13-10-7-3/h38,43,45H,5-37,39-42,44H2,1-4H3. The molecule has 0 bridgehead atoms. The maximum Gasteiger partial charge on any atom is 0.330 e. The monoisotopic (exact) mass is 818 g/mol. The van der Waals surface area contributed by atoms with Crippen LogP contribution in [-0.2, 0) is 32.7 Å². The van der Waals surface area contributed by atoms with Crippen LogP contribution in [0.1, 0.15) is 233 Å². The van der Waals surface area contributed by atoms with E-state index in [0.717, 1.165) is 133 Å². The van der Waals surface area contributed by atoms with Crippen molar-refractivity contribution in [3.05, 3.63) is 33.1 Å². The Morgan fingerprint density at radius 2 is 0.983 bits per heavy atom. The molecule has 338 valence electrons. The molecule has 0 aromatic carbocycles. The van der Waals surface area contributed by atoms with Gasteiger partial charge in [0.2, 0.25) is 0 Å². The van der Waals surface area contributed by atoms with E-state index in [1.165, 1.54) is 103 Å². The highest BCUT2D eigenvalue weighted by Crippen LogP contribution is 2.19. The van der Waals surface area contributed by atoms with Crippen molar-refractivity contribution in [1.29, 1.82) is 0 Å². The van der Waals surface area contributed by atoms with Crippen LogP contribution in [0.2, 0.25) is 0 Å². The highest BCUT2D eigenvalue weighted by molar-refractivity contribution is 5.69. The summed E-state index contributed by atoms with van der Waals surface area (Å²) in [6.07, 6.45) is 38.7. The van der Waals surface area contributed by atoms with Gasteiger partial charge in [-0.3, -0.25) is 19.0 Å². The van der Waals surface area contributed by atoms with E-state index >= 15 is 0 Å². The zero-order valence-electron chi connectivity index (χ0n) is 38.4. The van der Waals surface area contributed by atoms with Crippen LogP contribution in [0.15, 0.2) is 21.9 Å². The number of nitrogens with zero attached hydrogens (tertiary/aromatic N) is 3. The SMILES string of the molecule is CCCCCCCCOC(=O)CCCCCCCN(CCCCCCCC(=O)OC(CCCCCCCC)CCCCCCCC)CCCn1ccc(=O)n(C)c1=O. The Balaban J connectivity index is 2.40. The summed E-state index contributed by atoms with van der Waals surface area (Å²) in [7, 11) is 1.53. The van der Waals surface area contributed by atoms with Crippen molar-refractivity contribution in [2.24, 2.45) is 7.05 Å². The van der Waals surface area contributed by atoms with Crippen molar-refractivity contribution >= 4 is 11.9 Å². The molecule has 1 aromatic rings. The number of carbonyl (C=O) groups excluding carboxylic acids is 2. The Hall–Kier alpha value is -2.42. The first kappa shape index (κ1) is 53.6. The lowest BCUT2D eigenvalue weighted by molar-refractivity contribution is -0.150. The van der Waals surface area contributed by atoms with Crippen molar-refractivity contribution < 1.29 is 19.1 Å². The molecule has 1 rings (SSSR count). The minimum absolute atomic E-state index is 0.00540. The number of carbonyl (C=O) groups is 2. The molecular formula is C49H91N3O6. The van der Waals surface area contributed by atoms with Crippen LogP contribution in [0, 0.1) is 0 Å². The fraction of sp³-hybridized carbons (Fsp3) is 0.878. The van der Waals surface area contributed by atoms with Crippen LogP contribution in [-0.4, -0.2) is 58.3 Å². The van der Waals surface area contributed by atoms with Gasteiger partial charge < -0.3 is 18.9 Å². The molecule has 0 radical (unpaired) electrons. The van der Waals surface area contributed by atoms with E-state index in [4.69, 9.17) is 9.47 Å². The van der Waals surface area contributed by atoms with Crippen LogP contribution < -0.4 is 11.2 Å². The number of aromatic nitrogens is 2. The number of unbranched alkanes of at least 4 members (excludes halogenated alkanes) is 23. The van der Waals surface area contributed by atoms with Gasteiger partial charge in [-0.25, -0.2) is 4.79 Å². The van der Waals surface area contributed by atoms with Gasteiger partial charge in [-0.2, -0.15) is 0 Å². The van der Waals surface area contributed by atoms with Crippen molar-refractivity contribution in [2.75, 3.05) is 26.2 Å². The van der Waals surface area contributed by atoms with Gasteiger partial charge in [0.1, 0.15) is 6.10 Å². The third-order valence-corrected chi connectivity index (χ3v) is 11.7. The summed E-state index contributed by atoms with van der Waals surface area (Å²) < 4.78 is 14.3. The first-order chi connectivity index (χ1) is 28.3. The van der Waals surface area contributed by atoms with E-state index in [-0.39, 0.29) is 29.3 Å². The number of hydrogen-bond acceptors (Lipinski definition) is 7. The van der Waals surface area contributed by atoms with Crippen LogP contribution >= 0.6 is 0 Å². The number of aryl methyl sites for hydroxylation is 1. The second kappa shape index (κ2) is 38.8. The summed E-state index contributed by atoms with van der Waals surface area (Å²) in [5.74, 6) is -0.0577. The molecular weight excluding hydrogens is 727 g/mol. The Bertz CT molecular complexity index is 1210. The predicted molar refractivity (Wildman–Crippen MR) is 243 cm³/mol. The quantitative estimate of drug-likeness (QED) is 0.0478. The Kier molecular flexibility index (Phi) is 35.8. The fourth-order valence-electron chi connectivity index (χ4n) is 7.81. The summed E-state index contributed by atoms with van der Waals surface area (Å²) in [6, 6.07) is 1.46. The minimum Gasteiger partial charge on any atom is -0.466 e. The van der Waals surface area contributed by atoms with E-state index in [2.05, 4.69) is 25.7 Å². The lowest BCUT2D eigenvalue weighted by Crippen LogP contribution is -2.37. The molecule has 0 saturated carbocycles. The number of esters is 2. The number of rotatable bonds is 42. The van der Waals surface area contributed by atoms with Gasteiger partial charge in [0.25, 0.3) is 5.56 Å². The van der Waals surface area contributed by atoms with Crippen LogP contribution in [0.4, 0.5) is 0 Å². The molecule has 0 aliphatic rings. The number of hydrogen-bond donors (Lipinski definition) is 0. The van der Waals surface area contributed by atoms with E-state index in [1.54, 1.807) is 10.8 Å². The molecule has 0 atom stereocenters. The molecule has 58 heavy (non-hydrogen) atoms. The fourth-order valence-corrected chi connectivity index (χ4v) is 7.81. The third-order valence-electron chi connectivity index (χ3n) is 11.7. The molecule has 0 spiro atoms. The molecule has 1 heterocycles. The van der Waals surface area contributed by atoms with Crippen molar-refractivity contribution in [1.82, 2.24) is 14.0 Å². The van der Waals surface area contributed by atoms with Crippen LogP contribution in [0.25, 0.3) is 0 Å². The maximum atomic E-state index is 12.8. The molecule has 0 amide bonds. The summed E-state index contributed by atoms with van der Waals surface area (Å²) in [5.41, 5.74) is -0.540. The Labute approximate surface area is 355 Å². The molecule has 0 aliphatic heterocycles. The summed E-state index contributed by atoms with van der Waals surface area (Å²) in [6.45, 7) is 10.8. The number of ether oxygens (including phenoxy) is 2. The molecule has 9 heteroatoms. The topological polar surface area (TPSA) is 99.8 Å². The summed E-state index contributed by atoms with van der Waals surface area (Å²) in [5, 5.41) is 0. The summed E-state index contributed by atoms with van der Waals surface area (Å²) >= 11 is 0. The minimum atomic E-state index is -0.277. The molecule has 0 unspecified atom stereocenters. The van der Waals surface area contributed by atoms with Crippen molar-refractivity contribution in [3.8, 4) is 0 Å². The van der Waals surface area contributed by atoms with E-state index in [1.807, 2.05) is 0 Å². The maximum absolute atomic E-state index is 12.8. The third kappa shape index (κ3) is 30.6. The van der Waals surface area contributed by atoms with Gasteiger partial charge in [-0.15, -0.1) is 0 Å². The predicted octanol–water partition coefficient (Wildman–Crippen LogP) is 12.2. The Morgan fingerprint density at radius 3 is 1.52 bits per heavy atom. The molecule has 9 nitrogen and oxygen atoms in total. The average Bonchev–Trinajstić information content (AvgIpc) is 3.21. The highest BCUT2D eigenvalue weighted by Gasteiger charge is 2.15. The lowest BCUT2D eigenvalue weighted by Gasteiger charge is -2.22. The van der Waals surface area contributed by atoms with E-state index < -0.39 is 0 Å². The van der Waals surface area contributed by atoms with Gasteiger partial charge in [0, 0.05) is 38.7 Å². The summed E-state index contributed by atoms with van der Waals surface area (Å²) in [4.78, 5) is 51.8. The molecule has 1 aromatic heterocycles. The molecule has 0 N–H and O–H groups in total. The second-order valence-corrected chi connectivity index (χ2v) is 17.1. The first-order valence-corrected chi connectivity index (χ1v) is 24.7. The lowest BCUT2D eigenvalue weighted by atomic mass is 10.0. The van der Waals surface area contributed by atoms with Gasteiger partial charge >= 0.3 is 17.6 Å².